The van der Waals surface area contributed by atoms with Gasteiger partial charge in [-0.15, -0.1) is 11.8 Å². The molecule has 0 saturated heterocycles. The third kappa shape index (κ3) is 7.40. The fourth-order valence-electron chi connectivity index (χ4n) is 3.15. The lowest BCUT2D eigenvalue weighted by Crippen LogP contribution is -2.49. The molecule has 1 atom stereocenters. The summed E-state index contributed by atoms with van der Waals surface area (Å²) in [6, 6.07) is 13.7. The second-order valence-corrected chi connectivity index (χ2v) is 8.23. The number of carbonyl (C=O) groups excluding carboxylic acids is 2. The SMILES string of the molecule is CCNC(=O)[C@@H](CC)N(Cc1ccc(C)cc1)C(=O)CSCc1ccc([N+](=O)[O-])cc1. The summed E-state index contributed by atoms with van der Waals surface area (Å²) in [5.74, 6) is 0.523. The second-order valence-electron chi connectivity index (χ2n) is 7.24. The Hall–Kier alpha value is -2.87. The minimum atomic E-state index is -0.534. The highest BCUT2D eigenvalue weighted by atomic mass is 32.2. The molecular formula is C23H29N3O4S. The molecule has 0 radical (unpaired) electrons. The van der Waals surface area contributed by atoms with Crippen LogP contribution in [0.4, 0.5) is 5.69 Å². The van der Waals surface area contributed by atoms with Crippen LogP contribution < -0.4 is 5.32 Å². The van der Waals surface area contributed by atoms with Gasteiger partial charge in [-0.3, -0.25) is 19.7 Å². The number of amides is 2. The molecule has 2 rings (SSSR count). The van der Waals surface area contributed by atoms with Crippen LogP contribution in [0.1, 0.15) is 37.0 Å². The van der Waals surface area contributed by atoms with Gasteiger partial charge in [0, 0.05) is 31.0 Å². The number of likely N-dealkylation sites (N-methyl/N-ethyl adjacent to an activating group) is 1. The molecule has 8 heteroatoms. The van der Waals surface area contributed by atoms with Crippen LogP contribution >= 0.6 is 11.8 Å². The number of nitrogens with zero attached hydrogens (tertiary/aromatic N) is 2. The van der Waals surface area contributed by atoms with Crippen molar-refractivity contribution in [3.63, 3.8) is 0 Å². The zero-order valence-electron chi connectivity index (χ0n) is 18.2. The van der Waals surface area contributed by atoms with E-state index in [1.54, 1.807) is 17.0 Å². The quantitative estimate of drug-likeness (QED) is 0.417. The average molecular weight is 444 g/mol. The molecule has 0 aliphatic heterocycles. The van der Waals surface area contributed by atoms with Gasteiger partial charge in [0.25, 0.3) is 5.69 Å². The lowest BCUT2D eigenvalue weighted by molar-refractivity contribution is -0.384. The number of aryl methyl sites for hydroxylation is 1. The summed E-state index contributed by atoms with van der Waals surface area (Å²) >= 11 is 1.43. The summed E-state index contributed by atoms with van der Waals surface area (Å²) in [6.45, 7) is 6.64. The van der Waals surface area contributed by atoms with Crippen LogP contribution in [-0.4, -0.2) is 40.0 Å². The Morgan fingerprint density at radius 1 is 1.06 bits per heavy atom. The molecule has 2 aromatic rings. The maximum Gasteiger partial charge on any atom is 0.269 e. The third-order valence-corrected chi connectivity index (χ3v) is 5.84. The first kappa shape index (κ1) is 24.4. The van der Waals surface area contributed by atoms with Crippen molar-refractivity contribution in [3.8, 4) is 0 Å². The average Bonchev–Trinajstić information content (AvgIpc) is 2.75. The summed E-state index contributed by atoms with van der Waals surface area (Å²) in [5.41, 5.74) is 3.06. The van der Waals surface area contributed by atoms with Gasteiger partial charge < -0.3 is 10.2 Å². The van der Waals surface area contributed by atoms with Gasteiger partial charge >= 0.3 is 0 Å². The molecule has 0 heterocycles. The van der Waals surface area contributed by atoms with Crippen LogP contribution in [0.25, 0.3) is 0 Å². The molecule has 166 valence electrons. The Labute approximate surface area is 187 Å². The minimum Gasteiger partial charge on any atom is -0.355 e. The van der Waals surface area contributed by atoms with Crippen LogP contribution in [0.3, 0.4) is 0 Å². The summed E-state index contributed by atoms with van der Waals surface area (Å²) < 4.78 is 0. The molecule has 0 unspecified atom stereocenters. The maximum absolute atomic E-state index is 13.1. The standard InChI is InChI=1S/C23H29N3O4S/c1-4-21(23(28)24-5-2)25(14-18-8-6-17(3)7-9-18)22(27)16-31-15-19-10-12-20(13-11-19)26(29)30/h6-13,21H,4-5,14-16H2,1-3H3,(H,24,28)/t21-/m1/s1. The number of benzene rings is 2. The van der Waals surface area contributed by atoms with E-state index in [4.69, 9.17) is 0 Å². The van der Waals surface area contributed by atoms with Crippen LogP contribution in [0, 0.1) is 17.0 Å². The van der Waals surface area contributed by atoms with E-state index in [9.17, 15) is 19.7 Å². The highest BCUT2D eigenvalue weighted by Crippen LogP contribution is 2.19. The van der Waals surface area contributed by atoms with Gasteiger partial charge in [0.2, 0.25) is 11.8 Å². The Morgan fingerprint density at radius 2 is 1.68 bits per heavy atom. The van der Waals surface area contributed by atoms with Gasteiger partial charge in [-0.1, -0.05) is 48.9 Å². The van der Waals surface area contributed by atoms with E-state index < -0.39 is 11.0 Å². The fraction of sp³-hybridized carbons (Fsp3) is 0.391. The molecular weight excluding hydrogens is 414 g/mol. The zero-order valence-corrected chi connectivity index (χ0v) is 19.0. The third-order valence-electron chi connectivity index (χ3n) is 4.85. The van der Waals surface area contributed by atoms with Gasteiger partial charge in [0.15, 0.2) is 0 Å². The van der Waals surface area contributed by atoms with Gasteiger partial charge in [0.1, 0.15) is 6.04 Å². The molecule has 0 aromatic heterocycles. The van der Waals surface area contributed by atoms with Gasteiger partial charge in [-0.05, 0) is 31.4 Å². The van der Waals surface area contributed by atoms with Crippen LogP contribution in [-0.2, 0) is 21.9 Å². The summed E-state index contributed by atoms with van der Waals surface area (Å²) in [6.07, 6.45) is 0.524. The normalized spacial score (nSPS) is 11.6. The van der Waals surface area contributed by atoms with Crippen LogP contribution in [0.5, 0.6) is 0 Å². The fourth-order valence-corrected chi connectivity index (χ4v) is 4.03. The van der Waals surface area contributed by atoms with Crippen molar-refractivity contribution in [2.75, 3.05) is 12.3 Å². The number of nitro groups is 1. The molecule has 1 N–H and O–H groups in total. The van der Waals surface area contributed by atoms with Crippen molar-refractivity contribution in [1.29, 1.82) is 0 Å². The highest BCUT2D eigenvalue weighted by Gasteiger charge is 2.28. The number of hydrogen-bond acceptors (Lipinski definition) is 5. The molecule has 0 saturated carbocycles. The van der Waals surface area contributed by atoms with Crippen molar-refractivity contribution >= 4 is 29.3 Å². The molecule has 2 amide bonds. The van der Waals surface area contributed by atoms with Crippen molar-refractivity contribution in [3.05, 3.63) is 75.3 Å². The maximum atomic E-state index is 13.1. The van der Waals surface area contributed by atoms with E-state index in [0.717, 1.165) is 16.7 Å². The Kier molecular flexibility index (Phi) is 9.52. The molecule has 0 spiro atoms. The predicted molar refractivity (Wildman–Crippen MR) is 124 cm³/mol. The molecule has 0 aliphatic rings. The number of hydrogen-bond donors (Lipinski definition) is 1. The number of nitrogens with one attached hydrogen (secondary N) is 1. The van der Waals surface area contributed by atoms with Crippen LogP contribution in [0.2, 0.25) is 0 Å². The van der Waals surface area contributed by atoms with Crippen molar-refractivity contribution < 1.29 is 14.5 Å². The van der Waals surface area contributed by atoms with Crippen molar-refractivity contribution in [2.45, 2.75) is 45.5 Å². The van der Waals surface area contributed by atoms with E-state index >= 15 is 0 Å². The summed E-state index contributed by atoms with van der Waals surface area (Å²) in [7, 11) is 0. The van der Waals surface area contributed by atoms with Crippen molar-refractivity contribution in [2.24, 2.45) is 0 Å². The summed E-state index contributed by atoms with van der Waals surface area (Å²) in [4.78, 5) is 37.7. The molecule has 2 aromatic carbocycles. The summed E-state index contributed by atoms with van der Waals surface area (Å²) in [5, 5.41) is 13.6. The monoisotopic (exact) mass is 443 g/mol. The van der Waals surface area contributed by atoms with Crippen molar-refractivity contribution in [1.82, 2.24) is 10.2 Å². The molecule has 0 fully saturated rings. The Balaban J connectivity index is 2.07. The van der Waals surface area contributed by atoms with E-state index in [-0.39, 0.29) is 23.3 Å². The smallest absolute Gasteiger partial charge is 0.269 e. The number of carbonyl (C=O) groups is 2. The number of thioether (sulfide) groups is 1. The van der Waals surface area contributed by atoms with Gasteiger partial charge in [-0.25, -0.2) is 0 Å². The molecule has 7 nitrogen and oxygen atoms in total. The lowest BCUT2D eigenvalue weighted by Gasteiger charge is -2.30. The number of nitro benzene ring substituents is 1. The van der Waals surface area contributed by atoms with E-state index in [2.05, 4.69) is 5.32 Å². The molecule has 0 bridgehead atoms. The predicted octanol–water partition coefficient (Wildman–Crippen LogP) is 4.08. The van der Waals surface area contributed by atoms with E-state index in [0.29, 0.717) is 25.3 Å². The van der Waals surface area contributed by atoms with Gasteiger partial charge in [0.05, 0.1) is 10.7 Å². The van der Waals surface area contributed by atoms with Crippen LogP contribution in [0.15, 0.2) is 48.5 Å². The Bertz CT molecular complexity index is 885. The number of non-ortho nitro benzene ring substituents is 1. The molecule has 31 heavy (non-hydrogen) atoms. The first-order valence-corrected chi connectivity index (χ1v) is 11.4. The largest absolute Gasteiger partial charge is 0.355 e. The van der Waals surface area contributed by atoms with E-state index in [1.165, 1.54) is 23.9 Å². The highest BCUT2D eigenvalue weighted by molar-refractivity contribution is 7.99. The lowest BCUT2D eigenvalue weighted by atomic mass is 10.1. The van der Waals surface area contributed by atoms with E-state index in [1.807, 2.05) is 45.0 Å². The molecule has 0 aliphatic carbocycles. The second kappa shape index (κ2) is 12.1. The Morgan fingerprint density at radius 3 is 2.23 bits per heavy atom. The topological polar surface area (TPSA) is 92.6 Å². The zero-order chi connectivity index (χ0) is 22.8. The van der Waals surface area contributed by atoms with Gasteiger partial charge in [-0.2, -0.15) is 0 Å². The first-order valence-electron chi connectivity index (χ1n) is 10.3. The minimum absolute atomic E-state index is 0.0434. The first-order chi connectivity index (χ1) is 14.8. The number of rotatable bonds is 11.